The minimum absolute atomic E-state index is 0.127. The van der Waals surface area contributed by atoms with Gasteiger partial charge in [-0.2, -0.15) is 0 Å². The van der Waals surface area contributed by atoms with Crippen LogP contribution < -0.4 is 0 Å². The smallest absolute Gasteiger partial charge is 0.255 e. The highest BCUT2D eigenvalue weighted by Gasteiger charge is 2.50. The summed E-state index contributed by atoms with van der Waals surface area (Å²) in [5, 5.41) is 0.137. The van der Waals surface area contributed by atoms with E-state index in [1.807, 2.05) is 13.8 Å². The van der Waals surface area contributed by atoms with Crippen LogP contribution in [-0.4, -0.2) is 42.9 Å². The number of nitrogens with zero attached hydrogens (tertiary/aromatic N) is 1. The number of amides is 1. The van der Waals surface area contributed by atoms with Gasteiger partial charge in [-0.3, -0.25) is 4.79 Å². The van der Waals surface area contributed by atoms with Gasteiger partial charge in [0, 0.05) is 13.1 Å². The molecule has 4 nitrogen and oxygen atoms in total. The van der Waals surface area contributed by atoms with Crippen molar-refractivity contribution in [3.63, 3.8) is 0 Å². The van der Waals surface area contributed by atoms with Crippen molar-refractivity contribution in [2.45, 2.75) is 19.6 Å². The molecule has 0 bridgehead atoms. The zero-order chi connectivity index (χ0) is 15.3. The summed E-state index contributed by atoms with van der Waals surface area (Å²) in [5.74, 6) is -1.20. The fraction of sp³-hybridized carbons (Fsp3) is 0.533. The number of hydrogen-bond donors (Lipinski definition) is 0. The predicted molar refractivity (Wildman–Crippen MR) is 75.7 cm³/mol. The van der Waals surface area contributed by atoms with Crippen molar-refractivity contribution in [1.82, 2.24) is 4.90 Å². The molecule has 2 heterocycles. The highest BCUT2D eigenvalue weighted by molar-refractivity contribution is 6.33. The molecule has 21 heavy (non-hydrogen) atoms. The van der Waals surface area contributed by atoms with Crippen LogP contribution in [0.2, 0.25) is 5.02 Å². The van der Waals surface area contributed by atoms with Crippen LogP contribution in [0, 0.1) is 11.2 Å². The van der Waals surface area contributed by atoms with Gasteiger partial charge in [-0.15, -0.1) is 0 Å². The molecule has 6 heteroatoms. The van der Waals surface area contributed by atoms with Crippen LogP contribution >= 0.6 is 11.6 Å². The summed E-state index contributed by atoms with van der Waals surface area (Å²) in [6, 6.07) is 3.81. The molecule has 1 amide bonds. The number of ether oxygens (including phenoxy) is 2. The van der Waals surface area contributed by atoms with E-state index in [-0.39, 0.29) is 16.3 Å². The Hall–Kier alpha value is -1.17. The maximum absolute atomic E-state index is 13.0. The third-order valence-electron chi connectivity index (χ3n) is 3.95. The second-order valence-electron chi connectivity index (χ2n) is 6.26. The number of carbonyl (C=O) groups excluding carboxylic acids is 1. The minimum atomic E-state index is -0.560. The number of carbonyl (C=O) groups is 1. The Labute approximate surface area is 127 Å². The first-order valence-electron chi connectivity index (χ1n) is 6.83. The molecular formula is C15H17ClFNO3. The Morgan fingerprint density at radius 3 is 2.48 bits per heavy atom. The van der Waals surface area contributed by atoms with Crippen LogP contribution in [-0.2, 0) is 9.47 Å². The first-order valence-corrected chi connectivity index (χ1v) is 7.20. The SMILES string of the molecule is CC1(C)OCC2(CO1)CN(C(=O)c1ccc(F)cc1Cl)C2. The third-order valence-corrected chi connectivity index (χ3v) is 4.27. The van der Waals surface area contributed by atoms with Crippen LogP contribution in [0.1, 0.15) is 24.2 Å². The Bertz CT molecular complexity index is 572. The molecule has 0 radical (unpaired) electrons. The average molecular weight is 314 g/mol. The molecule has 2 aliphatic heterocycles. The van der Waals surface area contributed by atoms with E-state index in [1.165, 1.54) is 12.1 Å². The second-order valence-corrected chi connectivity index (χ2v) is 6.67. The van der Waals surface area contributed by atoms with Crippen molar-refractivity contribution in [3.05, 3.63) is 34.6 Å². The van der Waals surface area contributed by atoms with E-state index >= 15 is 0 Å². The van der Waals surface area contributed by atoms with Crippen LogP contribution in [0.4, 0.5) is 4.39 Å². The summed E-state index contributed by atoms with van der Waals surface area (Å²) in [5.41, 5.74) is 0.198. The van der Waals surface area contributed by atoms with Gasteiger partial charge in [-0.25, -0.2) is 4.39 Å². The van der Waals surface area contributed by atoms with Crippen molar-refractivity contribution in [2.24, 2.45) is 5.41 Å². The fourth-order valence-corrected chi connectivity index (χ4v) is 2.91. The Morgan fingerprint density at radius 2 is 1.90 bits per heavy atom. The summed E-state index contributed by atoms with van der Waals surface area (Å²) in [4.78, 5) is 14.0. The standard InChI is InChI=1S/C15H17ClFNO3/c1-14(2)20-8-15(9-21-14)6-18(7-15)13(19)11-4-3-10(17)5-12(11)16/h3-5H,6-9H2,1-2H3. The quantitative estimate of drug-likeness (QED) is 0.800. The fourth-order valence-electron chi connectivity index (χ4n) is 2.66. The van der Waals surface area contributed by atoms with Gasteiger partial charge in [0.15, 0.2) is 5.79 Å². The molecule has 0 unspecified atom stereocenters. The Morgan fingerprint density at radius 1 is 1.29 bits per heavy atom. The molecule has 0 N–H and O–H groups in total. The van der Waals surface area contributed by atoms with Crippen LogP contribution in [0.25, 0.3) is 0 Å². The monoisotopic (exact) mass is 313 g/mol. The first kappa shape index (κ1) is 14.8. The minimum Gasteiger partial charge on any atom is -0.350 e. The number of rotatable bonds is 1. The molecule has 0 aromatic heterocycles. The van der Waals surface area contributed by atoms with Gasteiger partial charge in [0.25, 0.3) is 5.91 Å². The molecule has 3 rings (SSSR count). The normalized spacial score (nSPS) is 23.0. The maximum Gasteiger partial charge on any atom is 0.255 e. The highest BCUT2D eigenvalue weighted by Crippen LogP contribution is 2.38. The van der Waals surface area contributed by atoms with E-state index in [0.717, 1.165) is 6.07 Å². The van der Waals surface area contributed by atoms with Gasteiger partial charge >= 0.3 is 0 Å². The van der Waals surface area contributed by atoms with Gasteiger partial charge in [0.2, 0.25) is 0 Å². The van der Waals surface area contributed by atoms with E-state index < -0.39 is 11.6 Å². The molecule has 2 fully saturated rings. The van der Waals surface area contributed by atoms with Crippen molar-refractivity contribution < 1.29 is 18.7 Å². The van der Waals surface area contributed by atoms with Crippen molar-refractivity contribution in [2.75, 3.05) is 26.3 Å². The molecular weight excluding hydrogens is 297 g/mol. The number of hydrogen-bond acceptors (Lipinski definition) is 3. The molecule has 114 valence electrons. The Balaban J connectivity index is 1.65. The van der Waals surface area contributed by atoms with E-state index in [1.54, 1.807) is 4.90 Å². The Kier molecular flexibility index (Phi) is 3.47. The topological polar surface area (TPSA) is 38.8 Å². The largest absolute Gasteiger partial charge is 0.350 e. The lowest BCUT2D eigenvalue weighted by atomic mass is 9.80. The van der Waals surface area contributed by atoms with Gasteiger partial charge in [-0.05, 0) is 32.0 Å². The summed E-state index contributed by atoms with van der Waals surface area (Å²) in [7, 11) is 0. The maximum atomic E-state index is 13.0. The zero-order valence-corrected chi connectivity index (χ0v) is 12.7. The van der Waals surface area contributed by atoms with Gasteiger partial charge < -0.3 is 14.4 Å². The van der Waals surface area contributed by atoms with Crippen LogP contribution in [0.5, 0.6) is 0 Å². The molecule has 0 aliphatic carbocycles. The molecule has 0 atom stereocenters. The molecule has 1 spiro atoms. The first-order chi connectivity index (χ1) is 9.80. The molecule has 2 saturated heterocycles. The second kappa shape index (κ2) is 4.93. The van der Waals surface area contributed by atoms with Crippen molar-refractivity contribution in [1.29, 1.82) is 0 Å². The number of likely N-dealkylation sites (tertiary alicyclic amines) is 1. The van der Waals surface area contributed by atoms with Crippen LogP contribution in [0.3, 0.4) is 0 Å². The van der Waals surface area contributed by atoms with E-state index in [4.69, 9.17) is 21.1 Å². The zero-order valence-electron chi connectivity index (χ0n) is 12.0. The van der Waals surface area contributed by atoms with Gasteiger partial charge in [-0.1, -0.05) is 11.6 Å². The lowest BCUT2D eigenvalue weighted by Gasteiger charge is -2.54. The number of benzene rings is 1. The van der Waals surface area contributed by atoms with Gasteiger partial charge in [0.1, 0.15) is 5.82 Å². The van der Waals surface area contributed by atoms with E-state index in [9.17, 15) is 9.18 Å². The molecule has 1 aromatic carbocycles. The summed E-state index contributed by atoms with van der Waals surface area (Å²) in [6.07, 6.45) is 0. The predicted octanol–water partition coefficient (Wildman–Crippen LogP) is 2.70. The van der Waals surface area contributed by atoms with Crippen LogP contribution in [0.15, 0.2) is 18.2 Å². The average Bonchev–Trinajstić information content (AvgIpc) is 2.36. The molecule has 2 aliphatic rings. The molecule has 0 saturated carbocycles. The van der Waals surface area contributed by atoms with E-state index in [2.05, 4.69) is 0 Å². The summed E-state index contributed by atoms with van der Waals surface area (Å²) >= 11 is 5.93. The highest BCUT2D eigenvalue weighted by atomic mass is 35.5. The van der Waals surface area contributed by atoms with E-state index in [0.29, 0.717) is 31.9 Å². The molecule has 1 aromatic rings. The lowest BCUT2D eigenvalue weighted by molar-refractivity contribution is -0.301. The lowest BCUT2D eigenvalue weighted by Crippen LogP contribution is -2.65. The summed E-state index contributed by atoms with van der Waals surface area (Å²) < 4.78 is 24.3. The third kappa shape index (κ3) is 2.78. The van der Waals surface area contributed by atoms with Gasteiger partial charge in [0.05, 0.1) is 29.2 Å². The van der Waals surface area contributed by atoms with Crippen molar-refractivity contribution in [3.8, 4) is 0 Å². The summed E-state index contributed by atoms with van der Waals surface area (Å²) in [6.45, 7) is 6.02. The number of halogens is 2. The van der Waals surface area contributed by atoms with Crippen molar-refractivity contribution >= 4 is 17.5 Å².